The number of aromatic nitrogens is 2. The lowest BCUT2D eigenvalue weighted by Gasteiger charge is -2.04. The van der Waals surface area contributed by atoms with E-state index >= 15 is 0 Å². The Kier molecular flexibility index (Phi) is 3.77. The first kappa shape index (κ1) is 12.4. The quantitative estimate of drug-likeness (QED) is 0.702. The number of nitrogens with zero attached hydrogens (tertiary/aromatic N) is 2. The fraction of sp³-hybridized carbons (Fsp3) is 0.286. The number of carboxylic acids is 1. The summed E-state index contributed by atoms with van der Waals surface area (Å²) in [4.78, 5) is 10.7. The third-order valence-corrected chi connectivity index (χ3v) is 2.90. The van der Waals surface area contributed by atoms with Crippen LogP contribution in [-0.4, -0.2) is 10.5 Å². The lowest BCUT2D eigenvalue weighted by molar-refractivity contribution is -0.695. The fourth-order valence-electron chi connectivity index (χ4n) is 2.11. The first-order chi connectivity index (χ1) is 8.70. The molecule has 0 aliphatic carbocycles. The monoisotopic (exact) mass is 244 g/mol. The number of carboxylic acid groups (broad SMARTS) is 1. The zero-order valence-corrected chi connectivity index (χ0v) is 10.4. The zero-order chi connectivity index (χ0) is 13.0. The van der Waals surface area contributed by atoms with Gasteiger partial charge in [0.25, 0.3) is 5.82 Å². The molecule has 0 saturated carbocycles. The van der Waals surface area contributed by atoms with Gasteiger partial charge in [0.15, 0.2) is 0 Å². The molecule has 0 aliphatic heterocycles. The first-order valence-corrected chi connectivity index (χ1v) is 6.02. The minimum atomic E-state index is -1.06. The molecule has 0 spiro atoms. The van der Waals surface area contributed by atoms with Crippen molar-refractivity contribution in [1.29, 1.82) is 0 Å². The summed E-state index contributed by atoms with van der Waals surface area (Å²) in [5.41, 5.74) is 1.20. The molecule has 0 saturated heterocycles. The van der Waals surface area contributed by atoms with Crippen LogP contribution in [0.1, 0.15) is 18.3 Å². The molecule has 0 bridgehead atoms. The minimum absolute atomic E-state index is 0.0923. The van der Waals surface area contributed by atoms with Crippen LogP contribution in [0, 0.1) is 0 Å². The highest BCUT2D eigenvalue weighted by Gasteiger charge is 2.15. The molecule has 0 fully saturated rings. The Morgan fingerprint density at radius 3 is 2.67 bits per heavy atom. The molecule has 4 nitrogen and oxygen atoms in total. The predicted octanol–water partition coefficient (Wildman–Crippen LogP) is 0.136. The molecule has 4 heteroatoms. The van der Waals surface area contributed by atoms with Gasteiger partial charge in [0.1, 0.15) is 25.5 Å². The molecule has 2 aromatic rings. The Balaban J connectivity index is 2.23. The predicted molar refractivity (Wildman–Crippen MR) is 64.6 cm³/mol. The van der Waals surface area contributed by atoms with Gasteiger partial charge in [-0.05, 0) is 5.56 Å². The molecule has 1 aromatic carbocycles. The molecule has 2 rings (SSSR count). The highest BCUT2D eigenvalue weighted by Crippen LogP contribution is 2.01. The second-order valence-corrected chi connectivity index (χ2v) is 4.18. The fourth-order valence-corrected chi connectivity index (χ4v) is 2.11. The molecule has 0 amide bonds. The summed E-state index contributed by atoms with van der Waals surface area (Å²) in [7, 11) is 0. The standard InChI is InChI=1S/C14H16N2O2/c1-2-13-15(8-9-16(13)11-14(17)18)10-12-6-4-3-5-7-12/h3-9H,2,10-11H2,1H3. The number of benzene rings is 1. The van der Waals surface area contributed by atoms with Gasteiger partial charge in [0, 0.05) is 6.42 Å². The summed E-state index contributed by atoms with van der Waals surface area (Å²) in [5, 5.41) is 10.7. The van der Waals surface area contributed by atoms with E-state index < -0.39 is 5.97 Å². The lowest BCUT2D eigenvalue weighted by Crippen LogP contribution is -2.38. The van der Waals surface area contributed by atoms with E-state index in [4.69, 9.17) is 0 Å². The van der Waals surface area contributed by atoms with Crippen LogP contribution in [0.25, 0.3) is 0 Å². The SMILES string of the molecule is CCc1n(CC(=O)[O-])cc[n+]1Cc1ccccc1. The third-order valence-electron chi connectivity index (χ3n) is 2.90. The second kappa shape index (κ2) is 5.49. The normalized spacial score (nSPS) is 10.5. The number of carbonyl (C=O) groups is 1. The lowest BCUT2D eigenvalue weighted by atomic mass is 10.2. The molecule has 1 aromatic heterocycles. The molecule has 94 valence electrons. The van der Waals surface area contributed by atoms with E-state index in [1.54, 1.807) is 10.8 Å². The van der Waals surface area contributed by atoms with Gasteiger partial charge in [0.05, 0.1) is 5.97 Å². The van der Waals surface area contributed by atoms with E-state index in [0.717, 1.165) is 18.8 Å². The summed E-state index contributed by atoms with van der Waals surface area (Å²) in [6.07, 6.45) is 4.49. The Labute approximate surface area is 106 Å². The van der Waals surface area contributed by atoms with Crippen molar-refractivity contribution in [3.05, 3.63) is 54.1 Å². The van der Waals surface area contributed by atoms with Crippen LogP contribution in [0.5, 0.6) is 0 Å². The first-order valence-electron chi connectivity index (χ1n) is 6.02. The van der Waals surface area contributed by atoms with E-state index in [9.17, 15) is 9.90 Å². The van der Waals surface area contributed by atoms with Crippen molar-refractivity contribution in [2.75, 3.05) is 0 Å². The molecule has 0 atom stereocenters. The van der Waals surface area contributed by atoms with Crippen LogP contribution < -0.4 is 9.67 Å². The average Bonchev–Trinajstić information content (AvgIpc) is 2.72. The molecule has 18 heavy (non-hydrogen) atoms. The van der Waals surface area contributed by atoms with Crippen LogP contribution in [0.3, 0.4) is 0 Å². The largest absolute Gasteiger partial charge is 0.546 e. The van der Waals surface area contributed by atoms with E-state index in [-0.39, 0.29) is 6.54 Å². The molecule has 0 radical (unpaired) electrons. The van der Waals surface area contributed by atoms with E-state index in [2.05, 4.69) is 16.7 Å². The van der Waals surface area contributed by atoms with Gasteiger partial charge >= 0.3 is 0 Å². The van der Waals surface area contributed by atoms with Gasteiger partial charge in [-0.25, -0.2) is 9.13 Å². The van der Waals surface area contributed by atoms with Crippen molar-refractivity contribution in [2.24, 2.45) is 0 Å². The number of rotatable bonds is 5. The summed E-state index contributed by atoms with van der Waals surface area (Å²) >= 11 is 0. The Hall–Kier alpha value is -2.10. The van der Waals surface area contributed by atoms with Crippen molar-refractivity contribution in [2.45, 2.75) is 26.4 Å². The van der Waals surface area contributed by atoms with Crippen LogP contribution in [0.15, 0.2) is 42.7 Å². The summed E-state index contributed by atoms with van der Waals surface area (Å²) < 4.78 is 3.79. The topological polar surface area (TPSA) is 48.9 Å². The van der Waals surface area contributed by atoms with Crippen molar-refractivity contribution in [3.63, 3.8) is 0 Å². The summed E-state index contributed by atoms with van der Waals surface area (Å²) in [6.45, 7) is 2.68. The molecule has 0 unspecified atom stereocenters. The molecule has 1 heterocycles. The van der Waals surface area contributed by atoms with Crippen molar-refractivity contribution in [3.8, 4) is 0 Å². The minimum Gasteiger partial charge on any atom is -0.546 e. The van der Waals surface area contributed by atoms with Gasteiger partial charge in [-0.1, -0.05) is 37.3 Å². The van der Waals surface area contributed by atoms with Crippen LogP contribution in [0.2, 0.25) is 0 Å². The van der Waals surface area contributed by atoms with Crippen molar-refractivity contribution in [1.82, 2.24) is 4.57 Å². The molecular weight excluding hydrogens is 228 g/mol. The maximum atomic E-state index is 10.7. The Morgan fingerprint density at radius 2 is 2.06 bits per heavy atom. The van der Waals surface area contributed by atoms with E-state index in [1.165, 1.54) is 5.56 Å². The zero-order valence-electron chi connectivity index (χ0n) is 10.4. The van der Waals surface area contributed by atoms with Crippen molar-refractivity contribution >= 4 is 5.97 Å². The molecule has 0 N–H and O–H groups in total. The van der Waals surface area contributed by atoms with E-state index in [1.807, 2.05) is 31.3 Å². The number of hydrogen-bond acceptors (Lipinski definition) is 2. The highest BCUT2D eigenvalue weighted by atomic mass is 16.4. The third kappa shape index (κ3) is 2.77. The van der Waals surface area contributed by atoms with Crippen LogP contribution in [0.4, 0.5) is 0 Å². The number of hydrogen-bond donors (Lipinski definition) is 0. The van der Waals surface area contributed by atoms with Crippen molar-refractivity contribution < 1.29 is 14.5 Å². The maximum absolute atomic E-state index is 10.7. The summed E-state index contributed by atoms with van der Waals surface area (Å²) in [5.74, 6) is -0.0739. The maximum Gasteiger partial charge on any atom is 0.256 e. The van der Waals surface area contributed by atoms with Crippen LogP contribution in [-0.2, 0) is 24.3 Å². The Bertz CT molecular complexity index is 532. The average molecular weight is 244 g/mol. The van der Waals surface area contributed by atoms with Crippen LogP contribution >= 0.6 is 0 Å². The molecular formula is C14H16N2O2. The van der Waals surface area contributed by atoms with E-state index in [0.29, 0.717) is 0 Å². The van der Waals surface area contributed by atoms with Gasteiger partial charge in [-0.2, -0.15) is 0 Å². The smallest absolute Gasteiger partial charge is 0.256 e. The van der Waals surface area contributed by atoms with Gasteiger partial charge in [0.2, 0.25) is 0 Å². The highest BCUT2D eigenvalue weighted by molar-refractivity contribution is 5.64. The molecule has 0 aliphatic rings. The number of imidazole rings is 1. The Morgan fingerprint density at radius 1 is 1.33 bits per heavy atom. The van der Waals surface area contributed by atoms with Gasteiger partial charge in [-0.15, -0.1) is 0 Å². The van der Waals surface area contributed by atoms with Gasteiger partial charge < -0.3 is 9.90 Å². The number of carbonyl (C=O) groups excluding carboxylic acids is 1. The summed E-state index contributed by atoms with van der Waals surface area (Å²) in [6, 6.07) is 10.1. The second-order valence-electron chi connectivity index (χ2n) is 4.18. The van der Waals surface area contributed by atoms with Gasteiger partial charge in [-0.3, -0.25) is 0 Å². The number of aliphatic carboxylic acids is 1.